The number of carbonyl (C=O) groups is 1. The summed E-state index contributed by atoms with van der Waals surface area (Å²) in [7, 11) is 0. The van der Waals surface area contributed by atoms with Crippen molar-refractivity contribution < 1.29 is 4.79 Å². The van der Waals surface area contributed by atoms with Crippen LogP contribution in [-0.4, -0.2) is 28.8 Å². The van der Waals surface area contributed by atoms with Crippen molar-refractivity contribution in [3.8, 4) is 11.3 Å². The second-order valence-corrected chi connectivity index (χ2v) is 9.50. The van der Waals surface area contributed by atoms with Gasteiger partial charge in [0.15, 0.2) is 5.78 Å². The van der Waals surface area contributed by atoms with Gasteiger partial charge in [0, 0.05) is 54.6 Å². The molecular weight excluding hydrogens is 456 g/mol. The van der Waals surface area contributed by atoms with Gasteiger partial charge in [-0.1, -0.05) is 55.1 Å². The van der Waals surface area contributed by atoms with Crippen molar-refractivity contribution in [2.24, 2.45) is 0 Å². The number of piperidine rings is 1. The zero-order chi connectivity index (χ0) is 25.5. The van der Waals surface area contributed by atoms with Gasteiger partial charge in [0.2, 0.25) is 5.95 Å². The van der Waals surface area contributed by atoms with Crippen LogP contribution in [-0.2, 0) is 17.6 Å². The summed E-state index contributed by atoms with van der Waals surface area (Å²) in [5, 5.41) is 3.38. The minimum Gasteiger partial charge on any atom is -0.372 e. The van der Waals surface area contributed by atoms with Crippen LogP contribution in [0.4, 0.5) is 17.3 Å². The molecule has 0 saturated carbocycles. The fourth-order valence-corrected chi connectivity index (χ4v) is 4.80. The molecule has 0 amide bonds. The highest BCUT2D eigenvalue weighted by molar-refractivity contribution is 5.91. The van der Waals surface area contributed by atoms with Crippen molar-refractivity contribution in [1.29, 1.82) is 0 Å². The van der Waals surface area contributed by atoms with Crippen LogP contribution in [0.25, 0.3) is 11.3 Å². The molecule has 0 atom stereocenters. The SMILES string of the molecule is C=CC(=O)Cc1cccc(-c2nc(Nc3ccc(N4CCCCC4)cc3)ncc2Cc2ccccc2)c1. The summed E-state index contributed by atoms with van der Waals surface area (Å²) in [6.07, 6.45) is 8.16. The number of benzene rings is 3. The lowest BCUT2D eigenvalue weighted by atomic mass is 9.98. The fourth-order valence-electron chi connectivity index (χ4n) is 4.80. The predicted octanol–water partition coefficient (Wildman–Crippen LogP) is 6.77. The summed E-state index contributed by atoms with van der Waals surface area (Å²) in [5.74, 6) is 0.546. The molecule has 2 heterocycles. The first-order valence-corrected chi connectivity index (χ1v) is 12.9. The molecule has 5 nitrogen and oxygen atoms in total. The van der Waals surface area contributed by atoms with Gasteiger partial charge in [-0.25, -0.2) is 9.97 Å². The highest BCUT2D eigenvalue weighted by Crippen LogP contribution is 2.28. The molecule has 1 fully saturated rings. The third-order valence-electron chi connectivity index (χ3n) is 6.75. The molecular formula is C32H32N4O. The maximum atomic E-state index is 12.0. The van der Waals surface area contributed by atoms with Crippen molar-refractivity contribution in [2.45, 2.75) is 32.1 Å². The van der Waals surface area contributed by atoms with Gasteiger partial charge in [0.25, 0.3) is 0 Å². The van der Waals surface area contributed by atoms with E-state index in [9.17, 15) is 4.79 Å². The third kappa shape index (κ3) is 6.31. The van der Waals surface area contributed by atoms with E-state index in [-0.39, 0.29) is 5.78 Å². The lowest BCUT2D eigenvalue weighted by molar-refractivity contribution is -0.114. The van der Waals surface area contributed by atoms with Crippen LogP contribution in [0.1, 0.15) is 36.0 Å². The summed E-state index contributed by atoms with van der Waals surface area (Å²) in [4.78, 5) is 24.0. The Morgan fingerprint density at radius 2 is 1.68 bits per heavy atom. The number of nitrogens with zero attached hydrogens (tertiary/aromatic N) is 3. The third-order valence-corrected chi connectivity index (χ3v) is 6.75. The fraction of sp³-hybridized carbons (Fsp3) is 0.219. The second kappa shape index (κ2) is 11.7. The highest BCUT2D eigenvalue weighted by atomic mass is 16.1. The number of hydrogen-bond donors (Lipinski definition) is 1. The Morgan fingerprint density at radius 3 is 2.43 bits per heavy atom. The van der Waals surface area contributed by atoms with Crippen molar-refractivity contribution >= 4 is 23.1 Å². The van der Waals surface area contributed by atoms with E-state index in [1.165, 1.54) is 36.6 Å². The Hall–Kier alpha value is -4.25. The summed E-state index contributed by atoms with van der Waals surface area (Å²) in [6, 6.07) is 26.8. The number of allylic oxidation sites excluding steroid dienone is 1. The average Bonchev–Trinajstić information content (AvgIpc) is 2.95. The molecule has 5 rings (SSSR count). The molecule has 5 heteroatoms. The first kappa shape index (κ1) is 24.4. The van der Waals surface area contributed by atoms with E-state index in [2.05, 4.69) is 58.2 Å². The molecule has 4 aromatic rings. The molecule has 0 spiro atoms. The zero-order valence-corrected chi connectivity index (χ0v) is 21.1. The van der Waals surface area contributed by atoms with Crippen LogP contribution in [0.5, 0.6) is 0 Å². The second-order valence-electron chi connectivity index (χ2n) is 9.50. The van der Waals surface area contributed by atoms with Crippen molar-refractivity contribution in [3.05, 3.63) is 114 Å². The minimum atomic E-state index is -0.000276. The number of anilines is 3. The Labute approximate surface area is 218 Å². The molecule has 1 aliphatic heterocycles. The van der Waals surface area contributed by atoms with E-state index in [4.69, 9.17) is 4.98 Å². The molecule has 1 saturated heterocycles. The maximum absolute atomic E-state index is 12.0. The summed E-state index contributed by atoms with van der Waals surface area (Å²) >= 11 is 0. The predicted molar refractivity (Wildman–Crippen MR) is 151 cm³/mol. The van der Waals surface area contributed by atoms with Gasteiger partial charge in [0.1, 0.15) is 0 Å². The number of carbonyl (C=O) groups excluding carboxylic acids is 1. The molecule has 3 aromatic carbocycles. The first-order chi connectivity index (χ1) is 18.2. The quantitative estimate of drug-likeness (QED) is 0.264. The van der Waals surface area contributed by atoms with Gasteiger partial charge in [-0.05, 0) is 66.8 Å². The van der Waals surface area contributed by atoms with Gasteiger partial charge in [-0.3, -0.25) is 4.79 Å². The number of aromatic nitrogens is 2. The van der Waals surface area contributed by atoms with Crippen LogP contribution in [0.2, 0.25) is 0 Å². The van der Waals surface area contributed by atoms with E-state index in [0.717, 1.165) is 47.6 Å². The van der Waals surface area contributed by atoms with E-state index >= 15 is 0 Å². The molecule has 0 unspecified atom stereocenters. The molecule has 1 aliphatic rings. The van der Waals surface area contributed by atoms with Gasteiger partial charge in [-0.2, -0.15) is 0 Å². The molecule has 186 valence electrons. The Bertz CT molecular complexity index is 1360. The van der Waals surface area contributed by atoms with Crippen LogP contribution >= 0.6 is 0 Å². The van der Waals surface area contributed by atoms with Gasteiger partial charge in [0.05, 0.1) is 5.69 Å². The first-order valence-electron chi connectivity index (χ1n) is 12.9. The Kier molecular flexibility index (Phi) is 7.70. The molecule has 0 aliphatic carbocycles. The smallest absolute Gasteiger partial charge is 0.227 e. The van der Waals surface area contributed by atoms with Gasteiger partial charge < -0.3 is 10.2 Å². The van der Waals surface area contributed by atoms with Gasteiger partial charge in [-0.15, -0.1) is 0 Å². The highest BCUT2D eigenvalue weighted by Gasteiger charge is 2.14. The Balaban J connectivity index is 1.43. The van der Waals surface area contributed by atoms with Gasteiger partial charge >= 0.3 is 0 Å². The summed E-state index contributed by atoms with van der Waals surface area (Å²) < 4.78 is 0. The zero-order valence-electron chi connectivity index (χ0n) is 21.1. The number of rotatable bonds is 9. The lowest BCUT2D eigenvalue weighted by Crippen LogP contribution is -2.29. The lowest BCUT2D eigenvalue weighted by Gasteiger charge is -2.28. The van der Waals surface area contributed by atoms with Crippen molar-refractivity contribution in [1.82, 2.24) is 9.97 Å². The normalized spacial score (nSPS) is 13.2. The molecule has 1 aromatic heterocycles. The van der Waals surface area contributed by atoms with Crippen LogP contribution in [0, 0.1) is 0 Å². The van der Waals surface area contributed by atoms with Crippen molar-refractivity contribution in [3.63, 3.8) is 0 Å². The van der Waals surface area contributed by atoms with Crippen LogP contribution in [0.3, 0.4) is 0 Å². The maximum Gasteiger partial charge on any atom is 0.227 e. The average molecular weight is 489 g/mol. The molecule has 0 bridgehead atoms. The van der Waals surface area contributed by atoms with Crippen LogP contribution < -0.4 is 10.2 Å². The topological polar surface area (TPSA) is 58.1 Å². The molecule has 37 heavy (non-hydrogen) atoms. The largest absolute Gasteiger partial charge is 0.372 e. The minimum absolute atomic E-state index is 0.000276. The van der Waals surface area contributed by atoms with Crippen molar-refractivity contribution in [2.75, 3.05) is 23.3 Å². The molecule has 1 N–H and O–H groups in total. The van der Waals surface area contributed by atoms with E-state index < -0.39 is 0 Å². The van der Waals surface area contributed by atoms with Crippen LogP contribution in [0.15, 0.2) is 97.7 Å². The monoisotopic (exact) mass is 488 g/mol. The molecule has 0 radical (unpaired) electrons. The number of nitrogens with one attached hydrogen (secondary N) is 1. The van der Waals surface area contributed by atoms with E-state index in [1.807, 2.05) is 48.7 Å². The standard InChI is InChI=1S/C32H32N4O/c1-2-30(37)22-25-12-9-13-26(21-25)31-27(20-24-10-5-3-6-11-24)23-33-32(35-31)34-28-14-16-29(17-15-28)36-18-7-4-8-19-36/h2-3,5-6,9-17,21,23H,1,4,7-8,18-20,22H2,(H,33,34,35). The van der Waals surface area contributed by atoms with E-state index in [0.29, 0.717) is 12.4 Å². The van der Waals surface area contributed by atoms with E-state index in [1.54, 1.807) is 0 Å². The summed E-state index contributed by atoms with van der Waals surface area (Å²) in [5.41, 5.74) is 7.20. The Morgan fingerprint density at radius 1 is 0.919 bits per heavy atom. The number of ketones is 1. The number of hydrogen-bond acceptors (Lipinski definition) is 5. The summed E-state index contributed by atoms with van der Waals surface area (Å²) in [6.45, 7) is 5.85.